The summed E-state index contributed by atoms with van der Waals surface area (Å²) in [5.41, 5.74) is 8.79. The van der Waals surface area contributed by atoms with E-state index in [9.17, 15) is 14.4 Å². The van der Waals surface area contributed by atoms with E-state index >= 15 is 0 Å². The average molecular weight is 760 g/mol. The lowest BCUT2D eigenvalue weighted by molar-refractivity contribution is -0.122. The molecule has 7 aromatic carbocycles. The summed E-state index contributed by atoms with van der Waals surface area (Å²) >= 11 is 0. The summed E-state index contributed by atoms with van der Waals surface area (Å²) in [6.07, 6.45) is 3.40. The Morgan fingerprint density at radius 3 is 1.90 bits per heavy atom. The fraction of sp³-hybridized carbons (Fsp3) is 0.157. The van der Waals surface area contributed by atoms with Crippen molar-refractivity contribution in [3.05, 3.63) is 190 Å². The number of fused-ring (bicyclic) bond motifs is 2. The van der Waals surface area contributed by atoms with E-state index in [1.165, 1.54) is 16.8 Å². The van der Waals surface area contributed by atoms with Gasteiger partial charge >= 0.3 is 6.03 Å². The molecular weight excluding hydrogens is 719 g/mol. The molecule has 1 fully saturated rings. The number of ether oxygens (including phenoxy) is 1. The van der Waals surface area contributed by atoms with Crippen LogP contribution >= 0.6 is 0 Å². The molecule has 0 bridgehead atoms. The summed E-state index contributed by atoms with van der Waals surface area (Å²) < 4.78 is 6.61. The van der Waals surface area contributed by atoms with Crippen LogP contribution in [0.5, 0.6) is 5.75 Å². The molecule has 1 N–H and O–H groups in total. The zero-order valence-electron chi connectivity index (χ0n) is 32.2. The molecule has 3 aliphatic heterocycles. The first-order valence-corrected chi connectivity index (χ1v) is 20.0. The normalized spacial score (nSPS) is 18.4. The predicted molar refractivity (Wildman–Crippen MR) is 230 cm³/mol. The second kappa shape index (κ2) is 14.5. The van der Waals surface area contributed by atoms with Crippen molar-refractivity contribution >= 4 is 56.8 Å². The lowest BCUT2D eigenvalue weighted by Crippen LogP contribution is -2.54. The number of nitrogens with zero attached hydrogens (tertiary/aromatic N) is 2. The highest BCUT2D eigenvalue weighted by Gasteiger charge is 2.41. The number of aryl methyl sites for hydroxylation is 1. The minimum atomic E-state index is -0.767. The molecule has 0 aliphatic carbocycles. The number of benzene rings is 7. The fourth-order valence-corrected chi connectivity index (χ4v) is 9.34. The van der Waals surface area contributed by atoms with E-state index in [0.29, 0.717) is 17.0 Å². The molecule has 0 saturated carbocycles. The summed E-state index contributed by atoms with van der Waals surface area (Å²) in [5.74, 6) is -0.759. The van der Waals surface area contributed by atoms with E-state index in [4.69, 9.17) is 4.74 Å². The van der Waals surface area contributed by atoms with Crippen LogP contribution in [0, 0.1) is 6.92 Å². The minimum Gasteiger partial charge on any atom is -0.488 e. The van der Waals surface area contributed by atoms with Crippen LogP contribution in [0.1, 0.15) is 63.6 Å². The Balaban J connectivity index is 1.09. The van der Waals surface area contributed by atoms with Gasteiger partial charge in [-0.15, -0.1) is 0 Å². The van der Waals surface area contributed by atoms with Crippen LogP contribution < -0.4 is 19.9 Å². The molecule has 0 unspecified atom stereocenters. The second-order valence-corrected chi connectivity index (χ2v) is 15.5. The molecule has 58 heavy (non-hydrogen) atoms. The van der Waals surface area contributed by atoms with Crippen LogP contribution in [-0.2, 0) is 16.2 Å². The van der Waals surface area contributed by atoms with Crippen LogP contribution in [0.15, 0.2) is 151 Å². The number of anilines is 2. The molecule has 2 atom stereocenters. The van der Waals surface area contributed by atoms with E-state index in [-0.39, 0.29) is 24.0 Å². The molecule has 10 rings (SSSR count). The predicted octanol–water partition coefficient (Wildman–Crippen LogP) is 10.4. The lowest BCUT2D eigenvalue weighted by atomic mass is 9.76. The Morgan fingerprint density at radius 2 is 1.24 bits per heavy atom. The Kier molecular flexibility index (Phi) is 8.86. The van der Waals surface area contributed by atoms with Crippen molar-refractivity contribution in [2.45, 2.75) is 38.2 Å². The van der Waals surface area contributed by atoms with Gasteiger partial charge < -0.3 is 9.64 Å². The number of urea groups is 1. The smallest absolute Gasteiger partial charge is 0.335 e. The average Bonchev–Trinajstić information content (AvgIpc) is 3.25. The van der Waals surface area contributed by atoms with Crippen LogP contribution in [-0.4, -0.2) is 30.9 Å². The van der Waals surface area contributed by atoms with Gasteiger partial charge in [0.1, 0.15) is 17.9 Å². The first-order valence-electron chi connectivity index (χ1n) is 20.0. The number of barbiturate groups is 1. The van der Waals surface area contributed by atoms with Crippen molar-refractivity contribution in [3.63, 3.8) is 0 Å². The molecule has 0 aromatic heterocycles. The third-order valence-electron chi connectivity index (χ3n) is 12.2. The topological polar surface area (TPSA) is 79.0 Å². The van der Waals surface area contributed by atoms with Crippen molar-refractivity contribution in [2.24, 2.45) is 0 Å². The first kappa shape index (κ1) is 35.4. The third-order valence-corrected chi connectivity index (χ3v) is 12.2. The summed E-state index contributed by atoms with van der Waals surface area (Å²) in [6.45, 7) is 4.19. The van der Waals surface area contributed by atoms with Gasteiger partial charge in [0.2, 0.25) is 0 Å². The number of hydrogen-bond donors (Lipinski definition) is 1. The summed E-state index contributed by atoms with van der Waals surface area (Å²) in [6, 6.07) is 48.2. The van der Waals surface area contributed by atoms with Crippen molar-refractivity contribution < 1.29 is 19.1 Å². The van der Waals surface area contributed by atoms with E-state index in [0.717, 1.165) is 74.6 Å². The Hall–Kier alpha value is -6.99. The van der Waals surface area contributed by atoms with Gasteiger partial charge in [0.05, 0.1) is 5.69 Å². The van der Waals surface area contributed by atoms with Crippen LogP contribution in [0.3, 0.4) is 0 Å². The minimum absolute atomic E-state index is 0.0704. The van der Waals surface area contributed by atoms with E-state index in [1.54, 1.807) is 6.08 Å². The van der Waals surface area contributed by atoms with Crippen LogP contribution in [0.4, 0.5) is 16.2 Å². The van der Waals surface area contributed by atoms with E-state index in [1.807, 2.05) is 72.8 Å². The Labute approximate surface area is 337 Å². The lowest BCUT2D eigenvalue weighted by Gasteiger charge is -2.44. The van der Waals surface area contributed by atoms with Gasteiger partial charge in [-0.2, -0.15) is 0 Å². The molecule has 0 radical (unpaired) electrons. The quantitative estimate of drug-likeness (QED) is 0.129. The molecule has 284 valence electrons. The standard InChI is InChI=1S/C51H41N3O4/c1-32-20-21-35-16-9-11-19-39(35)46(32)31-58-47-23-22-36-17-8-10-18-38(36)42(47)30-45-49(55)52-51(57)54(50(45)56)37-28-43-40(33-12-4-2-5-13-33)24-26-53-27-25-41(44(29-37)48(43)53)34-14-6-3-7-15-34/h2-23,28-30,40-41H,24-27,31H2,1H3,(H,52,55,57)/b45-30+/t40-,41+. The van der Waals surface area contributed by atoms with Gasteiger partial charge in [-0.1, -0.05) is 127 Å². The highest BCUT2D eigenvalue weighted by atomic mass is 16.5. The van der Waals surface area contributed by atoms with Crippen molar-refractivity contribution in [2.75, 3.05) is 22.9 Å². The van der Waals surface area contributed by atoms with Crippen molar-refractivity contribution in [3.8, 4) is 5.75 Å². The van der Waals surface area contributed by atoms with Gasteiger partial charge in [-0.05, 0) is 93.4 Å². The second-order valence-electron chi connectivity index (χ2n) is 15.5. The molecule has 1 saturated heterocycles. The van der Waals surface area contributed by atoms with E-state index in [2.05, 4.69) is 89.9 Å². The molecule has 7 aromatic rings. The Morgan fingerprint density at radius 1 is 0.672 bits per heavy atom. The molecular formula is C51H41N3O4. The van der Waals surface area contributed by atoms with Gasteiger partial charge in [-0.3, -0.25) is 14.9 Å². The Bertz CT molecular complexity index is 2740. The first-order chi connectivity index (χ1) is 28.4. The molecule has 7 nitrogen and oxygen atoms in total. The third kappa shape index (κ3) is 6.11. The molecule has 3 aliphatic rings. The van der Waals surface area contributed by atoms with Gasteiger partial charge in [0, 0.05) is 41.7 Å². The van der Waals surface area contributed by atoms with Crippen molar-refractivity contribution in [1.82, 2.24) is 5.32 Å². The molecule has 0 spiro atoms. The van der Waals surface area contributed by atoms with Crippen LogP contribution in [0.2, 0.25) is 0 Å². The highest BCUT2D eigenvalue weighted by molar-refractivity contribution is 6.39. The largest absolute Gasteiger partial charge is 0.488 e. The SMILES string of the molecule is Cc1ccc2ccccc2c1COc1ccc2ccccc2c1/C=C1\C(=O)NC(=O)N(c2cc3c4c(c2)[C@H](c2ccccc2)CCN4CC[C@@H]3c2ccccc2)C1=O. The van der Waals surface area contributed by atoms with Gasteiger partial charge in [0.25, 0.3) is 11.8 Å². The molecule has 7 heteroatoms. The summed E-state index contributed by atoms with van der Waals surface area (Å²) in [4.78, 5) is 46.2. The van der Waals surface area contributed by atoms with Gasteiger partial charge in [-0.25, -0.2) is 9.69 Å². The maximum atomic E-state index is 14.8. The molecule has 4 amide bonds. The van der Waals surface area contributed by atoms with E-state index < -0.39 is 17.8 Å². The van der Waals surface area contributed by atoms with Gasteiger partial charge in [0.15, 0.2) is 0 Å². The number of nitrogens with one attached hydrogen (secondary N) is 1. The number of imide groups is 2. The fourth-order valence-electron chi connectivity index (χ4n) is 9.34. The maximum Gasteiger partial charge on any atom is 0.335 e. The molecule has 3 heterocycles. The van der Waals surface area contributed by atoms with Crippen LogP contribution in [0.25, 0.3) is 27.6 Å². The summed E-state index contributed by atoms with van der Waals surface area (Å²) in [5, 5.41) is 6.49. The zero-order chi connectivity index (χ0) is 39.3. The zero-order valence-corrected chi connectivity index (χ0v) is 32.2. The number of hydrogen-bond acceptors (Lipinski definition) is 5. The van der Waals surface area contributed by atoms with Crippen molar-refractivity contribution in [1.29, 1.82) is 0 Å². The monoisotopic (exact) mass is 759 g/mol. The summed E-state index contributed by atoms with van der Waals surface area (Å²) in [7, 11) is 0. The number of amides is 4. The maximum absolute atomic E-state index is 14.8. The number of carbonyl (C=O) groups is 3. The number of carbonyl (C=O) groups excluding carboxylic acids is 3. The highest BCUT2D eigenvalue weighted by Crippen LogP contribution is 2.50. The number of rotatable bonds is 7.